The number of amides is 1. The maximum atomic E-state index is 13.0. The third kappa shape index (κ3) is 3.12. The lowest BCUT2D eigenvalue weighted by molar-refractivity contribution is -0.118. The highest BCUT2D eigenvalue weighted by atomic mass is 16.2. The van der Waals surface area contributed by atoms with Crippen LogP contribution in [0.1, 0.15) is 11.6 Å². The van der Waals surface area contributed by atoms with Crippen molar-refractivity contribution in [2.75, 3.05) is 5.32 Å². The van der Waals surface area contributed by atoms with Gasteiger partial charge in [-0.25, -0.2) is 4.98 Å². The van der Waals surface area contributed by atoms with Gasteiger partial charge in [0.1, 0.15) is 5.82 Å². The molecule has 1 N–H and O–H groups in total. The van der Waals surface area contributed by atoms with Crippen LogP contribution in [0.5, 0.6) is 0 Å². The van der Waals surface area contributed by atoms with Crippen LogP contribution < -0.4 is 5.32 Å². The van der Waals surface area contributed by atoms with Crippen LogP contribution >= 0.6 is 0 Å². The van der Waals surface area contributed by atoms with E-state index in [1.807, 2.05) is 72.9 Å². The van der Waals surface area contributed by atoms with Gasteiger partial charge < -0.3 is 5.32 Å². The first kappa shape index (κ1) is 15.1. The fourth-order valence-electron chi connectivity index (χ4n) is 2.81. The molecule has 0 spiro atoms. The molecule has 25 heavy (non-hydrogen) atoms. The van der Waals surface area contributed by atoms with Gasteiger partial charge in [-0.2, -0.15) is 5.10 Å². The van der Waals surface area contributed by atoms with Gasteiger partial charge in [0.05, 0.1) is 5.52 Å². The fraction of sp³-hybridized carbons (Fsp3) is 0.0500. The molecule has 122 valence electrons. The monoisotopic (exact) mass is 328 g/mol. The zero-order valence-corrected chi connectivity index (χ0v) is 13.4. The number of anilines is 1. The van der Waals surface area contributed by atoms with E-state index in [1.165, 1.54) is 0 Å². The molecule has 2 heterocycles. The Bertz CT molecular complexity index is 963. The molecule has 0 fully saturated rings. The summed E-state index contributed by atoms with van der Waals surface area (Å²) in [5, 5.41) is 8.45. The normalized spacial score (nSPS) is 12.0. The van der Waals surface area contributed by atoms with E-state index >= 15 is 0 Å². The largest absolute Gasteiger partial charge is 0.309 e. The molecule has 1 amide bonds. The molecule has 0 aliphatic heterocycles. The van der Waals surface area contributed by atoms with Crippen LogP contribution in [-0.2, 0) is 4.79 Å². The van der Waals surface area contributed by atoms with E-state index in [1.54, 1.807) is 16.9 Å². The predicted octanol–water partition coefficient (Wildman–Crippen LogP) is 3.66. The number of hydrogen-bond donors (Lipinski definition) is 1. The summed E-state index contributed by atoms with van der Waals surface area (Å²) in [6.07, 6.45) is 3.54. The highest BCUT2D eigenvalue weighted by molar-refractivity contribution is 5.95. The molecule has 5 heteroatoms. The van der Waals surface area contributed by atoms with Gasteiger partial charge >= 0.3 is 0 Å². The predicted molar refractivity (Wildman–Crippen MR) is 97.2 cm³/mol. The van der Waals surface area contributed by atoms with E-state index in [9.17, 15) is 4.79 Å². The number of nitrogens with one attached hydrogen (secondary N) is 1. The summed E-state index contributed by atoms with van der Waals surface area (Å²) in [5.74, 6) is 0.336. The Hall–Kier alpha value is -3.47. The van der Waals surface area contributed by atoms with Gasteiger partial charge in [-0.05, 0) is 23.8 Å². The van der Waals surface area contributed by atoms with E-state index in [2.05, 4.69) is 15.4 Å². The van der Waals surface area contributed by atoms with Crippen molar-refractivity contribution >= 4 is 22.6 Å². The Morgan fingerprint density at radius 2 is 1.68 bits per heavy atom. The maximum absolute atomic E-state index is 13.0. The molecule has 0 aliphatic carbocycles. The molecule has 0 aliphatic rings. The average molecular weight is 328 g/mol. The van der Waals surface area contributed by atoms with Crippen molar-refractivity contribution in [1.82, 2.24) is 14.8 Å². The lowest BCUT2D eigenvalue weighted by atomic mass is 10.1. The Labute approximate surface area is 144 Å². The van der Waals surface area contributed by atoms with Crippen molar-refractivity contribution in [3.8, 4) is 0 Å². The van der Waals surface area contributed by atoms with Crippen LogP contribution in [0.4, 0.5) is 5.82 Å². The second-order valence-electron chi connectivity index (χ2n) is 5.69. The summed E-state index contributed by atoms with van der Waals surface area (Å²) in [6.45, 7) is 0. The molecular weight excluding hydrogens is 312 g/mol. The lowest BCUT2D eigenvalue weighted by Crippen LogP contribution is -2.27. The maximum Gasteiger partial charge on any atom is 0.254 e. The Morgan fingerprint density at radius 3 is 2.44 bits per heavy atom. The third-order valence-corrected chi connectivity index (χ3v) is 3.98. The molecule has 0 saturated carbocycles. The van der Waals surface area contributed by atoms with E-state index in [-0.39, 0.29) is 5.91 Å². The summed E-state index contributed by atoms with van der Waals surface area (Å²) in [7, 11) is 0. The minimum absolute atomic E-state index is 0.183. The number of aromatic nitrogens is 3. The first-order valence-corrected chi connectivity index (χ1v) is 8.02. The molecule has 0 bridgehead atoms. The van der Waals surface area contributed by atoms with Crippen molar-refractivity contribution in [3.63, 3.8) is 0 Å². The minimum atomic E-state index is -0.574. The van der Waals surface area contributed by atoms with Crippen LogP contribution in [0.15, 0.2) is 85.2 Å². The quantitative estimate of drug-likeness (QED) is 0.622. The highest BCUT2D eigenvalue weighted by Gasteiger charge is 2.24. The van der Waals surface area contributed by atoms with Crippen molar-refractivity contribution in [3.05, 3.63) is 90.8 Å². The number of rotatable bonds is 4. The van der Waals surface area contributed by atoms with E-state index in [0.29, 0.717) is 5.82 Å². The molecule has 5 nitrogen and oxygen atoms in total. The zero-order valence-electron chi connectivity index (χ0n) is 13.4. The van der Waals surface area contributed by atoms with Gasteiger partial charge in [-0.15, -0.1) is 0 Å². The van der Waals surface area contributed by atoms with Crippen LogP contribution in [0.3, 0.4) is 0 Å². The van der Waals surface area contributed by atoms with Crippen molar-refractivity contribution in [2.24, 2.45) is 0 Å². The molecule has 1 atom stereocenters. The van der Waals surface area contributed by atoms with Crippen molar-refractivity contribution in [1.29, 1.82) is 0 Å². The van der Waals surface area contributed by atoms with Crippen molar-refractivity contribution in [2.45, 2.75) is 6.04 Å². The van der Waals surface area contributed by atoms with Gasteiger partial charge in [-0.3, -0.25) is 9.48 Å². The molecule has 4 rings (SSSR count). The number of nitrogens with zero attached hydrogens (tertiary/aromatic N) is 3. The van der Waals surface area contributed by atoms with Gasteiger partial charge in [0.25, 0.3) is 5.91 Å². The molecule has 0 saturated heterocycles. The first-order chi connectivity index (χ1) is 12.3. The Morgan fingerprint density at radius 1 is 0.920 bits per heavy atom. The second kappa shape index (κ2) is 6.57. The van der Waals surface area contributed by atoms with Crippen LogP contribution in [-0.4, -0.2) is 20.7 Å². The first-order valence-electron chi connectivity index (χ1n) is 8.02. The summed E-state index contributed by atoms with van der Waals surface area (Å²) in [6, 6.07) is 22.3. The zero-order chi connectivity index (χ0) is 17.1. The summed E-state index contributed by atoms with van der Waals surface area (Å²) in [5.41, 5.74) is 1.72. The highest BCUT2D eigenvalue weighted by Crippen LogP contribution is 2.22. The molecule has 2 aromatic carbocycles. The molecule has 2 aromatic heterocycles. The number of fused-ring (bicyclic) bond motifs is 1. The SMILES string of the molecule is O=C(Nc1ccccn1)C(c1ccccc1)n1cc2ccccc2n1. The van der Waals surface area contributed by atoms with E-state index in [0.717, 1.165) is 16.5 Å². The van der Waals surface area contributed by atoms with Gasteiger partial charge in [-0.1, -0.05) is 54.6 Å². The van der Waals surface area contributed by atoms with Crippen LogP contribution in [0.25, 0.3) is 10.9 Å². The van der Waals surface area contributed by atoms with Gasteiger partial charge in [0.15, 0.2) is 6.04 Å². The fourth-order valence-corrected chi connectivity index (χ4v) is 2.81. The third-order valence-electron chi connectivity index (χ3n) is 3.98. The number of carbonyl (C=O) groups excluding carboxylic acids is 1. The average Bonchev–Trinajstić information content (AvgIpc) is 3.07. The number of benzene rings is 2. The number of hydrogen-bond acceptors (Lipinski definition) is 3. The summed E-state index contributed by atoms with van der Waals surface area (Å²) in [4.78, 5) is 17.1. The van der Waals surface area contributed by atoms with Gasteiger partial charge in [0, 0.05) is 17.8 Å². The summed E-state index contributed by atoms with van der Waals surface area (Å²) < 4.78 is 1.71. The summed E-state index contributed by atoms with van der Waals surface area (Å²) >= 11 is 0. The van der Waals surface area contributed by atoms with Crippen molar-refractivity contribution < 1.29 is 4.79 Å². The van der Waals surface area contributed by atoms with E-state index < -0.39 is 6.04 Å². The topological polar surface area (TPSA) is 59.8 Å². The standard InChI is InChI=1S/C20H16N4O/c25-20(22-18-12-6-7-13-21-18)19(15-8-2-1-3-9-15)24-14-16-10-4-5-11-17(16)23-24/h1-14,19H,(H,21,22,25). The minimum Gasteiger partial charge on any atom is -0.309 e. The van der Waals surface area contributed by atoms with Gasteiger partial charge in [0.2, 0.25) is 0 Å². The van der Waals surface area contributed by atoms with E-state index in [4.69, 9.17) is 0 Å². The number of carbonyl (C=O) groups is 1. The Kier molecular flexibility index (Phi) is 3.96. The Balaban J connectivity index is 1.75. The lowest BCUT2D eigenvalue weighted by Gasteiger charge is -2.17. The smallest absolute Gasteiger partial charge is 0.254 e. The van der Waals surface area contributed by atoms with Crippen LogP contribution in [0.2, 0.25) is 0 Å². The molecule has 4 aromatic rings. The second-order valence-corrected chi connectivity index (χ2v) is 5.69. The molecular formula is C20H16N4O. The molecule has 1 unspecified atom stereocenters. The number of pyridine rings is 1. The van der Waals surface area contributed by atoms with Crippen LogP contribution in [0, 0.1) is 0 Å². The molecule has 0 radical (unpaired) electrons.